The molecule has 3 heterocycles. The van der Waals surface area contributed by atoms with Gasteiger partial charge in [0, 0.05) is 43.2 Å². The number of nitrogens with zero attached hydrogens (tertiary/aromatic N) is 3. The maximum absolute atomic E-state index is 12.6. The number of urea groups is 1. The molecule has 0 aromatic carbocycles. The van der Waals surface area contributed by atoms with E-state index in [0.717, 1.165) is 25.0 Å². The van der Waals surface area contributed by atoms with Crippen molar-refractivity contribution in [1.29, 1.82) is 0 Å². The number of aromatic nitrogens is 2. The van der Waals surface area contributed by atoms with E-state index in [1.807, 2.05) is 29.9 Å². The lowest BCUT2D eigenvalue weighted by molar-refractivity contribution is 0.0919. The highest BCUT2D eigenvalue weighted by atomic mass is 32.1. The van der Waals surface area contributed by atoms with Crippen LogP contribution in [0, 0.1) is 5.92 Å². The van der Waals surface area contributed by atoms with E-state index in [2.05, 4.69) is 29.6 Å². The molecular formula is C19H27N5O2S. The van der Waals surface area contributed by atoms with Gasteiger partial charge in [-0.1, -0.05) is 13.8 Å². The molecular weight excluding hydrogens is 362 g/mol. The van der Waals surface area contributed by atoms with Crippen molar-refractivity contribution in [1.82, 2.24) is 20.0 Å². The first kappa shape index (κ1) is 19.4. The fraction of sp³-hybridized carbons (Fsp3) is 0.526. The zero-order valence-corrected chi connectivity index (χ0v) is 16.9. The molecule has 0 unspecified atom stereocenters. The van der Waals surface area contributed by atoms with Gasteiger partial charge in [-0.3, -0.25) is 14.8 Å². The van der Waals surface area contributed by atoms with E-state index in [1.54, 1.807) is 9.58 Å². The van der Waals surface area contributed by atoms with Gasteiger partial charge >= 0.3 is 6.03 Å². The van der Waals surface area contributed by atoms with Crippen LogP contribution >= 0.6 is 11.3 Å². The van der Waals surface area contributed by atoms with Gasteiger partial charge in [0.15, 0.2) is 0 Å². The average Bonchev–Trinajstić information content (AvgIpc) is 3.25. The molecule has 27 heavy (non-hydrogen) atoms. The Kier molecular flexibility index (Phi) is 6.15. The number of hydrogen-bond acceptors (Lipinski definition) is 4. The molecule has 2 aromatic heterocycles. The van der Waals surface area contributed by atoms with Gasteiger partial charge in [-0.25, -0.2) is 4.79 Å². The number of rotatable bonds is 5. The van der Waals surface area contributed by atoms with Crippen molar-refractivity contribution in [3.8, 4) is 0 Å². The monoisotopic (exact) mass is 389 g/mol. The first-order valence-electron chi connectivity index (χ1n) is 9.34. The van der Waals surface area contributed by atoms with E-state index in [-0.39, 0.29) is 18.0 Å². The molecule has 2 aromatic rings. The van der Waals surface area contributed by atoms with Gasteiger partial charge in [-0.05, 0) is 36.6 Å². The Morgan fingerprint density at radius 1 is 1.33 bits per heavy atom. The van der Waals surface area contributed by atoms with Crippen LogP contribution in [-0.2, 0) is 13.5 Å². The fourth-order valence-corrected chi connectivity index (χ4v) is 3.88. The summed E-state index contributed by atoms with van der Waals surface area (Å²) in [4.78, 5) is 26.5. The molecule has 7 nitrogen and oxygen atoms in total. The molecule has 146 valence electrons. The lowest BCUT2D eigenvalue weighted by Gasteiger charge is -2.32. The minimum atomic E-state index is -0.114. The van der Waals surface area contributed by atoms with Crippen molar-refractivity contribution in [2.45, 2.75) is 39.2 Å². The number of thiophene rings is 1. The van der Waals surface area contributed by atoms with Crippen LogP contribution in [-0.4, -0.2) is 45.8 Å². The third-order valence-corrected chi connectivity index (χ3v) is 5.37. The SMILES string of the molecule is CC(C)Cc1cc(NC(=O)N2CCC(NC(=O)c3ccsc3)CC2)n(C)n1. The number of amides is 3. The predicted octanol–water partition coefficient (Wildman–Crippen LogP) is 3.11. The molecule has 0 radical (unpaired) electrons. The minimum Gasteiger partial charge on any atom is -0.349 e. The summed E-state index contributed by atoms with van der Waals surface area (Å²) in [6.45, 7) is 5.54. The number of carbonyl (C=O) groups excluding carboxylic acids is 2. The largest absolute Gasteiger partial charge is 0.349 e. The summed E-state index contributed by atoms with van der Waals surface area (Å²) in [5.74, 6) is 1.20. The Morgan fingerprint density at radius 3 is 2.70 bits per heavy atom. The number of hydrogen-bond donors (Lipinski definition) is 2. The Bertz CT molecular complexity index is 776. The minimum absolute atomic E-state index is 0.0354. The van der Waals surface area contributed by atoms with Crippen LogP contribution in [0.5, 0.6) is 0 Å². The first-order chi connectivity index (χ1) is 12.9. The molecule has 1 aliphatic rings. The van der Waals surface area contributed by atoms with Crippen LogP contribution in [0.25, 0.3) is 0 Å². The molecule has 8 heteroatoms. The summed E-state index contributed by atoms with van der Waals surface area (Å²) in [6.07, 6.45) is 2.40. The average molecular weight is 390 g/mol. The molecule has 0 bridgehead atoms. The van der Waals surface area contributed by atoms with E-state index < -0.39 is 0 Å². The second kappa shape index (κ2) is 8.56. The molecule has 0 spiro atoms. The van der Waals surface area contributed by atoms with E-state index in [9.17, 15) is 9.59 Å². The number of aryl methyl sites for hydroxylation is 1. The summed E-state index contributed by atoms with van der Waals surface area (Å²) in [5, 5.41) is 14.2. The highest BCUT2D eigenvalue weighted by molar-refractivity contribution is 7.08. The maximum Gasteiger partial charge on any atom is 0.323 e. The van der Waals surface area contributed by atoms with E-state index in [4.69, 9.17) is 0 Å². The standard InChI is InChI=1S/C19H27N5O2S/c1-13(2)10-16-11-17(23(3)22-16)21-19(26)24-7-4-15(5-8-24)20-18(25)14-6-9-27-12-14/h6,9,11-13,15H,4-5,7-8,10H2,1-3H3,(H,20,25)(H,21,26). The Balaban J connectivity index is 1.48. The van der Waals surface area contributed by atoms with Crippen molar-refractivity contribution in [2.75, 3.05) is 18.4 Å². The maximum atomic E-state index is 12.6. The second-order valence-electron chi connectivity index (χ2n) is 7.42. The van der Waals surface area contributed by atoms with Crippen molar-refractivity contribution < 1.29 is 9.59 Å². The summed E-state index contributed by atoms with van der Waals surface area (Å²) in [5.41, 5.74) is 1.69. The van der Waals surface area contributed by atoms with Gasteiger partial charge in [0.2, 0.25) is 0 Å². The Morgan fingerprint density at radius 2 is 2.07 bits per heavy atom. The van der Waals surface area contributed by atoms with Crippen LogP contribution in [0.15, 0.2) is 22.9 Å². The number of anilines is 1. The molecule has 1 fully saturated rings. The molecule has 0 atom stereocenters. The number of carbonyl (C=O) groups is 2. The molecule has 3 amide bonds. The highest BCUT2D eigenvalue weighted by Crippen LogP contribution is 2.16. The zero-order valence-electron chi connectivity index (χ0n) is 16.1. The van der Waals surface area contributed by atoms with Crippen molar-refractivity contribution in [3.05, 3.63) is 34.2 Å². The van der Waals surface area contributed by atoms with Crippen molar-refractivity contribution in [3.63, 3.8) is 0 Å². The topological polar surface area (TPSA) is 79.3 Å². The van der Waals surface area contributed by atoms with Crippen LogP contribution in [0.2, 0.25) is 0 Å². The predicted molar refractivity (Wildman–Crippen MR) is 107 cm³/mol. The lowest BCUT2D eigenvalue weighted by Crippen LogP contribution is -2.47. The van der Waals surface area contributed by atoms with Crippen molar-refractivity contribution in [2.24, 2.45) is 13.0 Å². The smallest absolute Gasteiger partial charge is 0.323 e. The Hall–Kier alpha value is -2.35. The third-order valence-electron chi connectivity index (χ3n) is 4.68. The van der Waals surface area contributed by atoms with E-state index >= 15 is 0 Å². The fourth-order valence-electron chi connectivity index (χ4n) is 3.24. The summed E-state index contributed by atoms with van der Waals surface area (Å²) >= 11 is 1.51. The highest BCUT2D eigenvalue weighted by Gasteiger charge is 2.25. The molecule has 3 rings (SSSR count). The molecule has 1 aliphatic heterocycles. The summed E-state index contributed by atoms with van der Waals surface area (Å²) in [6, 6.07) is 3.75. The summed E-state index contributed by atoms with van der Waals surface area (Å²) < 4.78 is 1.71. The van der Waals surface area contributed by atoms with Gasteiger partial charge in [-0.2, -0.15) is 16.4 Å². The third kappa shape index (κ3) is 5.09. The molecule has 2 N–H and O–H groups in total. The van der Waals surface area contributed by atoms with Gasteiger partial charge in [0.25, 0.3) is 5.91 Å². The number of piperidine rings is 1. The quantitative estimate of drug-likeness (QED) is 0.825. The van der Waals surface area contributed by atoms with Gasteiger partial charge < -0.3 is 10.2 Å². The van der Waals surface area contributed by atoms with Crippen LogP contribution in [0.4, 0.5) is 10.6 Å². The number of likely N-dealkylation sites (tertiary alicyclic amines) is 1. The zero-order chi connectivity index (χ0) is 19.4. The molecule has 0 saturated carbocycles. The number of nitrogens with one attached hydrogen (secondary N) is 2. The van der Waals surface area contributed by atoms with E-state index in [0.29, 0.717) is 30.4 Å². The van der Waals surface area contributed by atoms with E-state index in [1.165, 1.54) is 11.3 Å². The first-order valence-corrected chi connectivity index (χ1v) is 10.3. The molecule has 1 saturated heterocycles. The van der Waals surface area contributed by atoms with Gasteiger partial charge in [-0.15, -0.1) is 0 Å². The summed E-state index contributed by atoms with van der Waals surface area (Å²) in [7, 11) is 1.84. The van der Waals surface area contributed by atoms with Gasteiger partial charge in [0.05, 0.1) is 5.69 Å². The molecule has 0 aliphatic carbocycles. The van der Waals surface area contributed by atoms with Crippen LogP contribution in [0.1, 0.15) is 42.7 Å². The van der Waals surface area contributed by atoms with Crippen LogP contribution < -0.4 is 10.6 Å². The normalized spacial score (nSPS) is 15.2. The lowest BCUT2D eigenvalue weighted by atomic mass is 10.0. The van der Waals surface area contributed by atoms with Crippen LogP contribution in [0.3, 0.4) is 0 Å². The van der Waals surface area contributed by atoms with Crippen molar-refractivity contribution >= 4 is 29.1 Å². The second-order valence-corrected chi connectivity index (χ2v) is 8.20. The van der Waals surface area contributed by atoms with Gasteiger partial charge in [0.1, 0.15) is 5.82 Å². The Labute approximate surface area is 163 Å².